The van der Waals surface area contributed by atoms with Gasteiger partial charge in [-0.3, -0.25) is 4.79 Å². The van der Waals surface area contributed by atoms with Gasteiger partial charge in [-0.25, -0.2) is 8.78 Å². The molecular weight excluding hydrogens is 289 g/mol. The summed E-state index contributed by atoms with van der Waals surface area (Å²) >= 11 is 0. The molecule has 21 heavy (non-hydrogen) atoms. The number of amides is 1. The Morgan fingerprint density at radius 3 is 2.62 bits per heavy atom. The second-order valence-electron chi connectivity index (χ2n) is 4.88. The van der Waals surface area contributed by atoms with Crippen LogP contribution in [0.4, 0.5) is 13.2 Å². The molecule has 1 saturated heterocycles. The Kier molecular flexibility index (Phi) is 4.06. The number of carbonyl (C=O) groups is 1. The van der Waals surface area contributed by atoms with Gasteiger partial charge in [0.1, 0.15) is 0 Å². The zero-order valence-corrected chi connectivity index (χ0v) is 11.1. The Morgan fingerprint density at radius 2 is 2.05 bits per heavy atom. The van der Waals surface area contributed by atoms with Crippen LogP contribution < -0.4 is 0 Å². The zero-order valence-electron chi connectivity index (χ0n) is 11.1. The molecule has 2 N–H and O–H groups in total. The summed E-state index contributed by atoms with van der Waals surface area (Å²) in [5.41, 5.74) is -0.226. The van der Waals surface area contributed by atoms with E-state index in [0.717, 1.165) is 0 Å². The Balaban J connectivity index is 2.30. The van der Waals surface area contributed by atoms with Gasteiger partial charge >= 0.3 is 0 Å². The summed E-state index contributed by atoms with van der Waals surface area (Å²) in [6, 6.07) is 0.424. The van der Waals surface area contributed by atoms with Crippen molar-refractivity contribution in [2.24, 2.45) is 11.1 Å². The lowest BCUT2D eigenvalue weighted by Crippen LogP contribution is -2.43. The molecule has 0 aliphatic carbocycles. The number of hydrogen-bond acceptors (Lipinski definition) is 4. The molecule has 1 amide bonds. The molecular formula is C13H13F3N2O3. The minimum Gasteiger partial charge on any atom is -0.503 e. The van der Waals surface area contributed by atoms with Crippen molar-refractivity contribution in [3.63, 3.8) is 0 Å². The predicted molar refractivity (Wildman–Crippen MR) is 66.9 cm³/mol. The van der Waals surface area contributed by atoms with Crippen LogP contribution in [0.15, 0.2) is 11.2 Å². The summed E-state index contributed by atoms with van der Waals surface area (Å²) < 4.78 is 39.9. The maximum absolute atomic E-state index is 13.7. The Bertz CT molecular complexity index is 619. The normalized spacial score (nSPS) is 20.9. The molecule has 0 spiro atoms. The van der Waals surface area contributed by atoms with E-state index in [9.17, 15) is 18.0 Å². The Morgan fingerprint density at radius 1 is 1.38 bits per heavy atom. The topological polar surface area (TPSA) is 73.1 Å². The van der Waals surface area contributed by atoms with Gasteiger partial charge in [0.2, 0.25) is 5.82 Å². The second-order valence-corrected chi connectivity index (χ2v) is 4.88. The van der Waals surface area contributed by atoms with Crippen LogP contribution in [-0.4, -0.2) is 39.9 Å². The summed E-state index contributed by atoms with van der Waals surface area (Å²) in [6.07, 6.45) is 0.292. The summed E-state index contributed by atoms with van der Waals surface area (Å²) in [6.45, 7) is 2.02. The average molecular weight is 302 g/mol. The highest BCUT2D eigenvalue weighted by Gasteiger charge is 2.30. The van der Waals surface area contributed by atoms with Gasteiger partial charge in [0.05, 0.1) is 11.3 Å². The smallest absolute Gasteiger partial charge is 0.257 e. The number of rotatable bonds is 1. The van der Waals surface area contributed by atoms with E-state index in [-0.39, 0.29) is 19.0 Å². The molecule has 0 radical (unpaired) electrons. The number of likely N-dealkylation sites (tertiary alicyclic amines) is 1. The van der Waals surface area contributed by atoms with Crippen LogP contribution >= 0.6 is 0 Å². The van der Waals surface area contributed by atoms with Crippen molar-refractivity contribution in [3.05, 3.63) is 29.1 Å². The molecule has 0 saturated carbocycles. The highest BCUT2D eigenvalue weighted by molar-refractivity contribution is 5.97. The van der Waals surface area contributed by atoms with Crippen LogP contribution in [0.5, 0.6) is 5.75 Å². The van der Waals surface area contributed by atoms with Crippen molar-refractivity contribution in [2.75, 3.05) is 13.1 Å². The minimum absolute atomic E-state index is 0.150. The quantitative estimate of drug-likeness (QED) is 0.474. The molecule has 8 heteroatoms. The molecule has 114 valence electrons. The number of benzene rings is 1. The first-order valence-electron chi connectivity index (χ1n) is 6.23. The summed E-state index contributed by atoms with van der Waals surface area (Å²) in [7, 11) is 0. The fraction of sp³-hybridized carbons (Fsp3) is 0.385. The number of oxime groups is 1. The van der Waals surface area contributed by atoms with Crippen molar-refractivity contribution >= 4 is 11.6 Å². The zero-order chi connectivity index (χ0) is 15.7. The number of carbonyl (C=O) groups excluding carboxylic acids is 1. The van der Waals surface area contributed by atoms with E-state index in [4.69, 9.17) is 10.3 Å². The number of phenolic OH excluding ortho intramolecular Hbond substituents is 1. The van der Waals surface area contributed by atoms with E-state index >= 15 is 0 Å². The van der Waals surface area contributed by atoms with Crippen molar-refractivity contribution < 1.29 is 28.3 Å². The lowest BCUT2D eigenvalue weighted by Gasteiger charge is -2.31. The fourth-order valence-electron chi connectivity index (χ4n) is 2.27. The van der Waals surface area contributed by atoms with Gasteiger partial charge in [0, 0.05) is 25.4 Å². The van der Waals surface area contributed by atoms with E-state index < -0.39 is 34.7 Å². The number of aromatic hydroxyl groups is 1. The van der Waals surface area contributed by atoms with E-state index in [1.165, 1.54) is 4.90 Å². The van der Waals surface area contributed by atoms with E-state index in [0.29, 0.717) is 18.2 Å². The van der Waals surface area contributed by atoms with Crippen LogP contribution in [0, 0.1) is 23.4 Å². The SMILES string of the molecule is CC1CN(C(=O)c2cc(F)c(F)c(O)c2F)CC/C1=N\O. The first kappa shape index (κ1) is 15.1. The van der Waals surface area contributed by atoms with Gasteiger partial charge in [-0.05, 0) is 6.07 Å². The number of nitrogens with zero attached hydrogens (tertiary/aromatic N) is 2. The van der Waals surface area contributed by atoms with Crippen LogP contribution in [-0.2, 0) is 0 Å². The maximum Gasteiger partial charge on any atom is 0.257 e. The largest absolute Gasteiger partial charge is 0.503 e. The average Bonchev–Trinajstić information content (AvgIpc) is 2.48. The molecule has 1 unspecified atom stereocenters. The molecule has 1 atom stereocenters. The number of hydrogen-bond donors (Lipinski definition) is 2. The molecule has 5 nitrogen and oxygen atoms in total. The van der Waals surface area contributed by atoms with Crippen molar-refractivity contribution in [2.45, 2.75) is 13.3 Å². The first-order chi connectivity index (χ1) is 9.86. The van der Waals surface area contributed by atoms with E-state index in [1.54, 1.807) is 6.92 Å². The highest BCUT2D eigenvalue weighted by atomic mass is 19.2. The van der Waals surface area contributed by atoms with E-state index in [2.05, 4.69) is 5.16 Å². The van der Waals surface area contributed by atoms with Gasteiger partial charge in [-0.2, -0.15) is 4.39 Å². The van der Waals surface area contributed by atoms with Crippen LogP contribution in [0.2, 0.25) is 0 Å². The van der Waals surface area contributed by atoms with Gasteiger partial charge < -0.3 is 15.2 Å². The minimum atomic E-state index is -1.73. The molecule has 1 aliphatic rings. The molecule has 1 aliphatic heterocycles. The third-order valence-electron chi connectivity index (χ3n) is 3.48. The molecule has 1 aromatic rings. The van der Waals surface area contributed by atoms with Crippen LogP contribution in [0.25, 0.3) is 0 Å². The lowest BCUT2D eigenvalue weighted by atomic mass is 9.97. The van der Waals surface area contributed by atoms with Crippen molar-refractivity contribution in [1.82, 2.24) is 4.90 Å². The molecule has 1 fully saturated rings. The first-order valence-corrected chi connectivity index (χ1v) is 6.23. The monoisotopic (exact) mass is 302 g/mol. The summed E-state index contributed by atoms with van der Waals surface area (Å²) in [4.78, 5) is 13.4. The fourth-order valence-corrected chi connectivity index (χ4v) is 2.27. The van der Waals surface area contributed by atoms with Crippen molar-refractivity contribution in [3.8, 4) is 5.75 Å². The predicted octanol–water partition coefficient (Wildman–Crippen LogP) is 2.12. The van der Waals surface area contributed by atoms with Crippen LogP contribution in [0.1, 0.15) is 23.7 Å². The molecule has 2 rings (SSSR count). The highest BCUT2D eigenvalue weighted by Crippen LogP contribution is 2.27. The lowest BCUT2D eigenvalue weighted by molar-refractivity contribution is 0.0727. The molecule has 0 bridgehead atoms. The third-order valence-corrected chi connectivity index (χ3v) is 3.48. The van der Waals surface area contributed by atoms with Gasteiger partial charge in [-0.15, -0.1) is 0 Å². The number of halogens is 3. The third kappa shape index (κ3) is 2.65. The summed E-state index contributed by atoms with van der Waals surface area (Å²) in [5, 5.41) is 21.0. The Labute approximate surface area is 118 Å². The summed E-state index contributed by atoms with van der Waals surface area (Å²) in [5.74, 6) is -7.33. The van der Waals surface area contributed by atoms with Gasteiger partial charge in [-0.1, -0.05) is 12.1 Å². The van der Waals surface area contributed by atoms with Crippen LogP contribution in [0.3, 0.4) is 0 Å². The maximum atomic E-state index is 13.7. The van der Waals surface area contributed by atoms with E-state index in [1.807, 2.05) is 0 Å². The second kappa shape index (κ2) is 5.63. The number of phenols is 1. The molecule has 0 aromatic heterocycles. The van der Waals surface area contributed by atoms with Gasteiger partial charge in [0.15, 0.2) is 17.4 Å². The standard InChI is InChI=1S/C13H13F3N2O3/c1-6-5-18(3-2-9(6)17-21)13(20)7-4-8(14)11(16)12(19)10(7)15/h4,6,19,21H,2-3,5H2,1H3/b17-9+. The molecule has 1 heterocycles. The van der Waals surface area contributed by atoms with Crippen molar-refractivity contribution in [1.29, 1.82) is 0 Å². The number of piperidine rings is 1. The Hall–Kier alpha value is -2.25. The van der Waals surface area contributed by atoms with Gasteiger partial charge in [0.25, 0.3) is 5.91 Å². The molecule has 1 aromatic carbocycles.